The van der Waals surface area contributed by atoms with Crippen LogP contribution in [-0.4, -0.2) is 14.9 Å². The van der Waals surface area contributed by atoms with Crippen LogP contribution in [0.5, 0.6) is 5.75 Å². The molecule has 0 atom stereocenters. The van der Waals surface area contributed by atoms with Crippen molar-refractivity contribution in [3.63, 3.8) is 0 Å². The Balaban J connectivity index is 2.29. The molecule has 3 nitrogen and oxygen atoms in total. The molecule has 0 unspecified atom stereocenters. The molecule has 0 spiro atoms. The summed E-state index contributed by atoms with van der Waals surface area (Å²) in [6.45, 7) is 4.39. The molecule has 0 aliphatic rings. The van der Waals surface area contributed by atoms with E-state index in [9.17, 15) is 5.11 Å². The fourth-order valence-corrected chi connectivity index (χ4v) is 1.60. The zero-order valence-corrected chi connectivity index (χ0v) is 8.94. The van der Waals surface area contributed by atoms with Gasteiger partial charge in [0.05, 0.1) is 12.2 Å². The minimum Gasteiger partial charge on any atom is -0.504 e. The van der Waals surface area contributed by atoms with Gasteiger partial charge >= 0.3 is 0 Å². The van der Waals surface area contributed by atoms with E-state index in [1.165, 1.54) is 5.56 Å². The Morgan fingerprint density at radius 2 is 1.87 bits per heavy atom. The van der Waals surface area contributed by atoms with E-state index in [0.29, 0.717) is 18.0 Å². The fraction of sp³-hybridized carbons (Fsp3) is 0.250. The first kappa shape index (κ1) is 9.77. The lowest BCUT2D eigenvalue weighted by molar-refractivity contribution is 0.465. The fourth-order valence-electron chi connectivity index (χ4n) is 1.60. The van der Waals surface area contributed by atoms with Crippen molar-refractivity contribution in [3.8, 4) is 5.75 Å². The highest BCUT2D eigenvalue weighted by Crippen LogP contribution is 2.20. The molecule has 0 aliphatic heterocycles. The highest BCUT2D eigenvalue weighted by Gasteiger charge is 2.09. The zero-order chi connectivity index (χ0) is 10.8. The minimum atomic E-state index is 0.297. The van der Waals surface area contributed by atoms with Crippen LogP contribution in [0.3, 0.4) is 0 Å². The van der Waals surface area contributed by atoms with Gasteiger partial charge in [-0.05, 0) is 19.4 Å². The van der Waals surface area contributed by atoms with Gasteiger partial charge in [-0.25, -0.2) is 0 Å². The maximum absolute atomic E-state index is 9.62. The molecule has 0 saturated carbocycles. The molecular formula is C12H14N2O. The van der Waals surface area contributed by atoms with Crippen molar-refractivity contribution in [3.05, 3.63) is 47.3 Å². The molecule has 1 heterocycles. The summed E-state index contributed by atoms with van der Waals surface area (Å²) in [5.74, 6) is 0.297. The van der Waals surface area contributed by atoms with Gasteiger partial charge in [0.25, 0.3) is 0 Å². The van der Waals surface area contributed by atoms with Crippen LogP contribution in [0.2, 0.25) is 0 Å². The summed E-state index contributed by atoms with van der Waals surface area (Å²) in [6, 6.07) is 10.1. The Kier molecular flexibility index (Phi) is 2.46. The monoisotopic (exact) mass is 202 g/mol. The molecule has 0 radical (unpaired) electrons. The molecule has 1 N–H and O–H groups in total. The van der Waals surface area contributed by atoms with Crippen LogP contribution in [0.15, 0.2) is 30.3 Å². The molecule has 3 heteroatoms. The lowest BCUT2D eigenvalue weighted by Crippen LogP contribution is -2.03. The van der Waals surface area contributed by atoms with Gasteiger partial charge in [0.2, 0.25) is 0 Å². The molecule has 0 aliphatic carbocycles. The summed E-state index contributed by atoms with van der Waals surface area (Å²) in [4.78, 5) is 0. The number of benzene rings is 1. The molecule has 0 saturated heterocycles. The van der Waals surface area contributed by atoms with Gasteiger partial charge in [0.1, 0.15) is 5.69 Å². The topological polar surface area (TPSA) is 38.0 Å². The Morgan fingerprint density at radius 3 is 2.40 bits per heavy atom. The van der Waals surface area contributed by atoms with Crippen LogP contribution in [-0.2, 0) is 6.54 Å². The number of hydrogen-bond acceptors (Lipinski definition) is 2. The lowest BCUT2D eigenvalue weighted by atomic mass is 10.2. The summed E-state index contributed by atoms with van der Waals surface area (Å²) in [5, 5.41) is 13.9. The van der Waals surface area contributed by atoms with E-state index in [1.54, 1.807) is 0 Å². The van der Waals surface area contributed by atoms with Crippen molar-refractivity contribution >= 4 is 0 Å². The molecule has 0 amide bonds. The Bertz CT molecular complexity index is 460. The Morgan fingerprint density at radius 1 is 1.20 bits per heavy atom. The van der Waals surface area contributed by atoms with Crippen molar-refractivity contribution in [2.45, 2.75) is 20.4 Å². The number of aromatic nitrogens is 2. The maximum atomic E-state index is 9.62. The largest absolute Gasteiger partial charge is 0.504 e. The second kappa shape index (κ2) is 3.77. The van der Waals surface area contributed by atoms with Crippen molar-refractivity contribution in [2.75, 3.05) is 0 Å². The second-order valence-corrected chi connectivity index (χ2v) is 3.66. The average molecular weight is 202 g/mol. The van der Waals surface area contributed by atoms with Gasteiger partial charge in [-0.1, -0.05) is 30.3 Å². The second-order valence-electron chi connectivity index (χ2n) is 3.66. The van der Waals surface area contributed by atoms with Crippen molar-refractivity contribution in [1.29, 1.82) is 0 Å². The maximum Gasteiger partial charge on any atom is 0.159 e. The molecule has 1 aromatic carbocycles. The first-order chi connectivity index (χ1) is 7.18. The normalized spacial score (nSPS) is 10.5. The summed E-state index contributed by atoms with van der Waals surface area (Å²) in [5.41, 5.74) is 2.68. The lowest BCUT2D eigenvalue weighted by Gasteiger charge is -2.03. The first-order valence-corrected chi connectivity index (χ1v) is 4.95. The molecule has 2 aromatic rings. The van der Waals surface area contributed by atoms with E-state index in [2.05, 4.69) is 5.10 Å². The van der Waals surface area contributed by atoms with E-state index in [4.69, 9.17) is 0 Å². The highest BCUT2D eigenvalue weighted by molar-refractivity contribution is 5.30. The molecular weight excluding hydrogens is 188 g/mol. The predicted octanol–water partition coefficient (Wildman–Crippen LogP) is 2.25. The number of nitrogens with zero attached hydrogens (tertiary/aromatic N) is 2. The molecule has 0 fully saturated rings. The summed E-state index contributed by atoms with van der Waals surface area (Å²) < 4.78 is 1.82. The van der Waals surface area contributed by atoms with Crippen LogP contribution < -0.4 is 0 Å². The third-order valence-corrected chi connectivity index (χ3v) is 2.52. The molecule has 1 aromatic heterocycles. The number of rotatable bonds is 2. The summed E-state index contributed by atoms with van der Waals surface area (Å²) >= 11 is 0. The van der Waals surface area contributed by atoms with Crippen molar-refractivity contribution < 1.29 is 5.11 Å². The Hall–Kier alpha value is -1.77. The predicted molar refractivity (Wildman–Crippen MR) is 58.9 cm³/mol. The van der Waals surface area contributed by atoms with Gasteiger partial charge < -0.3 is 5.11 Å². The van der Waals surface area contributed by atoms with E-state index in [0.717, 1.165) is 5.69 Å². The van der Waals surface area contributed by atoms with Crippen LogP contribution in [0.1, 0.15) is 17.0 Å². The quantitative estimate of drug-likeness (QED) is 0.811. The third-order valence-electron chi connectivity index (χ3n) is 2.52. The van der Waals surface area contributed by atoms with Gasteiger partial charge in [-0.15, -0.1) is 0 Å². The van der Waals surface area contributed by atoms with Gasteiger partial charge in [-0.3, -0.25) is 4.68 Å². The van der Waals surface area contributed by atoms with E-state index in [1.807, 2.05) is 48.9 Å². The van der Waals surface area contributed by atoms with Crippen molar-refractivity contribution in [2.24, 2.45) is 0 Å². The van der Waals surface area contributed by atoms with Gasteiger partial charge in [-0.2, -0.15) is 5.10 Å². The van der Waals surface area contributed by atoms with Crippen LogP contribution >= 0.6 is 0 Å². The first-order valence-electron chi connectivity index (χ1n) is 4.95. The Labute approximate surface area is 89.0 Å². The molecule has 2 rings (SSSR count). The number of aromatic hydroxyl groups is 1. The summed E-state index contributed by atoms with van der Waals surface area (Å²) in [7, 11) is 0. The van der Waals surface area contributed by atoms with Crippen LogP contribution in [0, 0.1) is 13.8 Å². The van der Waals surface area contributed by atoms with E-state index < -0.39 is 0 Å². The third kappa shape index (κ3) is 1.86. The minimum absolute atomic E-state index is 0.297. The summed E-state index contributed by atoms with van der Waals surface area (Å²) in [6.07, 6.45) is 0. The number of hydrogen-bond donors (Lipinski definition) is 1. The standard InChI is InChI=1S/C12H14N2O/c1-9-12(15)10(2)14(13-9)8-11-6-4-3-5-7-11/h3-7,15H,8H2,1-2H3. The number of aryl methyl sites for hydroxylation is 1. The van der Waals surface area contributed by atoms with Crippen molar-refractivity contribution in [1.82, 2.24) is 9.78 Å². The molecule has 78 valence electrons. The van der Waals surface area contributed by atoms with Gasteiger partial charge in [0.15, 0.2) is 5.75 Å². The molecule has 0 bridgehead atoms. The van der Waals surface area contributed by atoms with Crippen LogP contribution in [0.4, 0.5) is 0 Å². The van der Waals surface area contributed by atoms with Crippen LogP contribution in [0.25, 0.3) is 0 Å². The average Bonchev–Trinajstić information content (AvgIpc) is 2.48. The zero-order valence-electron chi connectivity index (χ0n) is 8.94. The smallest absolute Gasteiger partial charge is 0.159 e. The van der Waals surface area contributed by atoms with E-state index >= 15 is 0 Å². The SMILES string of the molecule is Cc1nn(Cc2ccccc2)c(C)c1O. The van der Waals surface area contributed by atoms with E-state index in [-0.39, 0.29) is 0 Å². The molecule has 15 heavy (non-hydrogen) atoms. The van der Waals surface area contributed by atoms with Gasteiger partial charge in [0, 0.05) is 0 Å². The highest BCUT2D eigenvalue weighted by atomic mass is 16.3.